The summed E-state index contributed by atoms with van der Waals surface area (Å²) in [5.41, 5.74) is 4.38. The number of halogens is 1. The summed E-state index contributed by atoms with van der Waals surface area (Å²) in [5.74, 6) is 0. The molecule has 5 nitrogen and oxygen atoms in total. The Balaban J connectivity index is 1.75. The van der Waals surface area contributed by atoms with Crippen LogP contribution in [0.1, 0.15) is 29.8 Å². The Morgan fingerprint density at radius 2 is 2.14 bits per heavy atom. The first-order chi connectivity index (χ1) is 10.0. The number of rotatable bonds is 4. The molecule has 3 rings (SSSR count). The van der Waals surface area contributed by atoms with Crippen molar-refractivity contribution < 1.29 is 0 Å². The largest absolute Gasteiger partial charge is 0.305 e. The molecule has 0 radical (unpaired) electrons. The molecule has 0 saturated carbocycles. The van der Waals surface area contributed by atoms with Crippen molar-refractivity contribution in [3.63, 3.8) is 0 Å². The van der Waals surface area contributed by atoms with Crippen molar-refractivity contribution >= 4 is 21.6 Å². The maximum atomic E-state index is 4.68. The van der Waals surface area contributed by atoms with Crippen molar-refractivity contribution in [2.24, 2.45) is 7.05 Å². The second kappa shape index (κ2) is 5.61. The van der Waals surface area contributed by atoms with E-state index in [-0.39, 0.29) is 6.04 Å². The quantitative estimate of drug-likeness (QED) is 0.789. The molecule has 0 spiro atoms. The summed E-state index contributed by atoms with van der Waals surface area (Å²) in [4.78, 5) is 4.68. The van der Waals surface area contributed by atoms with Gasteiger partial charge in [0.05, 0.1) is 11.9 Å². The van der Waals surface area contributed by atoms with E-state index in [1.165, 1.54) is 5.56 Å². The number of aromatic nitrogens is 4. The third-order valence-corrected chi connectivity index (χ3v) is 4.00. The minimum atomic E-state index is 0.247. The Hall–Kier alpha value is -1.66. The van der Waals surface area contributed by atoms with E-state index in [1.807, 2.05) is 30.3 Å². The Kier molecular flexibility index (Phi) is 3.82. The highest BCUT2D eigenvalue weighted by molar-refractivity contribution is 9.10. The third-order valence-electron chi connectivity index (χ3n) is 3.57. The van der Waals surface area contributed by atoms with Gasteiger partial charge in [0.2, 0.25) is 0 Å². The molecule has 3 heterocycles. The molecule has 0 bridgehead atoms. The van der Waals surface area contributed by atoms with E-state index < -0.39 is 0 Å². The number of aryl methyl sites for hydroxylation is 2. The topological polar surface area (TPSA) is 47.1 Å². The van der Waals surface area contributed by atoms with Crippen molar-refractivity contribution in [3.8, 4) is 0 Å². The predicted molar refractivity (Wildman–Crippen MR) is 86.1 cm³/mol. The molecule has 0 aliphatic heterocycles. The van der Waals surface area contributed by atoms with Gasteiger partial charge in [0.1, 0.15) is 5.65 Å². The molecule has 21 heavy (non-hydrogen) atoms. The van der Waals surface area contributed by atoms with Gasteiger partial charge in [-0.1, -0.05) is 0 Å². The van der Waals surface area contributed by atoms with Crippen molar-refractivity contribution in [1.82, 2.24) is 24.5 Å². The van der Waals surface area contributed by atoms with Crippen LogP contribution in [0.25, 0.3) is 5.65 Å². The van der Waals surface area contributed by atoms with Gasteiger partial charge >= 0.3 is 0 Å². The summed E-state index contributed by atoms with van der Waals surface area (Å²) >= 11 is 3.51. The number of hydrogen-bond donors (Lipinski definition) is 1. The zero-order valence-electron chi connectivity index (χ0n) is 12.3. The molecular weight excluding hydrogens is 330 g/mol. The molecule has 110 valence electrons. The molecule has 1 atom stereocenters. The second-order valence-corrected chi connectivity index (χ2v) is 6.27. The van der Waals surface area contributed by atoms with Crippen molar-refractivity contribution in [2.45, 2.75) is 26.4 Å². The van der Waals surface area contributed by atoms with E-state index in [1.54, 1.807) is 0 Å². The van der Waals surface area contributed by atoms with Crippen LogP contribution in [-0.2, 0) is 13.6 Å². The number of nitrogens with one attached hydrogen (secondary N) is 1. The highest BCUT2D eigenvalue weighted by atomic mass is 79.9. The molecule has 0 aliphatic carbocycles. The zero-order chi connectivity index (χ0) is 15.0. The lowest BCUT2D eigenvalue weighted by molar-refractivity contribution is 0.568. The highest BCUT2D eigenvalue weighted by Gasteiger charge is 2.09. The fourth-order valence-corrected chi connectivity index (χ4v) is 2.96. The Bertz CT molecular complexity index is 774. The lowest BCUT2D eigenvalue weighted by Gasteiger charge is -2.10. The van der Waals surface area contributed by atoms with Gasteiger partial charge < -0.3 is 9.72 Å². The molecule has 3 aromatic heterocycles. The van der Waals surface area contributed by atoms with Crippen molar-refractivity contribution in [3.05, 3.63) is 52.1 Å². The van der Waals surface area contributed by atoms with E-state index in [0.29, 0.717) is 0 Å². The van der Waals surface area contributed by atoms with Crippen LogP contribution in [-0.4, -0.2) is 19.2 Å². The van der Waals surface area contributed by atoms with Gasteiger partial charge in [-0.15, -0.1) is 0 Å². The van der Waals surface area contributed by atoms with Crippen LogP contribution >= 0.6 is 15.9 Å². The summed E-state index contributed by atoms with van der Waals surface area (Å²) in [7, 11) is 1.93. The number of pyridine rings is 1. The second-order valence-electron chi connectivity index (χ2n) is 5.35. The minimum Gasteiger partial charge on any atom is -0.305 e. The summed E-state index contributed by atoms with van der Waals surface area (Å²) in [6.07, 6.45) is 8.02. The van der Waals surface area contributed by atoms with Crippen molar-refractivity contribution in [2.75, 3.05) is 0 Å². The van der Waals surface area contributed by atoms with Crippen LogP contribution in [0.3, 0.4) is 0 Å². The molecule has 0 saturated heterocycles. The average Bonchev–Trinajstić information content (AvgIpc) is 3.02. The first kappa shape index (κ1) is 14.3. The Morgan fingerprint density at radius 1 is 1.33 bits per heavy atom. The lowest BCUT2D eigenvalue weighted by atomic mass is 10.2. The Labute approximate surface area is 132 Å². The van der Waals surface area contributed by atoms with E-state index >= 15 is 0 Å². The van der Waals surface area contributed by atoms with Gasteiger partial charge in [0.15, 0.2) is 0 Å². The van der Waals surface area contributed by atoms with Crippen LogP contribution in [0.5, 0.6) is 0 Å². The van der Waals surface area contributed by atoms with Crippen LogP contribution in [0.2, 0.25) is 0 Å². The van der Waals surface area contributed by atoms with Gasteiger partial charge in [-0.05, 0) is 41.4 Å². The third kappa shape index (κ3) is 3.01. The standard InChI is InChI=1S/C15H18BrN5/c1-10-4-13(16)8-21-9-14(19-15(10)21)6-17-11(2)12-5-18-20(3)7-12/h4-5,7-9,11,17H,6H2,1-3H3. The Morgan fingerprint density at radius 3 is 2.86 bits per heavy atom. The van der Waals surface area contributed by atoms with Crippen LogP contribution in [0, 0.1) is 6.92 Å². The summed E-state index contributed by atoms with van der Waals surface area (Å²) < 4.78 is 4.94. The molecule has 0 amide bonds. The first-order valence-corrected chi connectivity index (χ1v) is 7.68. The molecule has 0 fully saturated rings. The van der Waals surface area contributed by atoms with Crippen LogP contribution < -0.4 is 5.32 Å². The van der Waals surface area contributed by atoms with Gasteiger partial charge in [0.25, 0.3) is 0 Å². The normalized spacial score (nSPS) is 13.0. The molecule has 1 unspecified atom stereocenters. The number of fused-ring (bicyclic) bond motifs is 1. The first-order valence-electron chi connectivity index (χ1n) is 6.88. The summed E-state index contributed by atoms with van der Waals surface area (Å²) in [6.45, 7) is 4.94. The summed E-state index contributed by atoms with van der Waals surface area (Å²) in [6, 6.07) is 2.33. The van der Waals surface area contributed by atoms with Crippen LogP contribution in [0.4, 0.5) is 0 Å². The molecular formula is C15H18BrN5. The number of hydrogen-bond acceptors (Lipinski definition) is 3. The van der Waals surface area contributed by atoms with E-state index in [0.717, 1.165) is 27.9 Å². The monoisotopic (exact) mass is 347 g/mol. The van der Waals surface area contributed by atoms with Gasteiger partial charge in [-0.25, -0.2) is 4.98 Å². The lowest BCUT2D eigenvalue weighted by Crippen LogP contribution is -2.17. The average molecular weight is 348 g/mol. The molecule has 0 aliphatic rings. The summed E-state index contributed by atoms with van der Waals surface area (Å²) in [5, 5.41) is 7.68. The minimum absolute atomic E-state index is 0.247. The van der Waals surface area contributed by atoms with Gasteiger partial charge in [-0.3, -0.25) is 4.68 Å². The fraction of sp³-hybridized carbons (Fsp3) is 0.333. The highest BCUT2D eigenvalue weighted by Crippen LogP contribution is 2.18. The smallest absolute Gasteiger partial charge is 0.140 e. The molecule has 6 heteroatoms. The van der Waals surface area contributed by atoms with Crippen LogP contribution in [0.15, 0.2) is 35.3 Å². The van der Waals surface area contributed by atoms with E-state index in [2.05, 4.69) is 61.8 Å². The van der Waals surface area contributed by atoms with E-state index in [4.69, 9.17) is 0 Å². The maximum Gasteiger partial charge on any atom is 0.140 e. The maximum absolute atomic E-state index is 4.68. The fourth-order valence-electron chi connectivity index (χ4n) is 2.40. The van der Waals surface area contributed by atoms with E-state index in [9.17, 15) is 0 Å². The predicted octanol–water partition coefficient (Wildman–Crippen LogP) is 2.99. The number of imidazole rings is 1. The van der Waals surface area contributed by atoms with Crippen molar-refractivity contribution in [1.29, 1.82) is 0 Å². The number of nitrogens with zero attached hydrogens (tertiary/aromatic N) is 4. The SMILES string of the molecule is Cc1cc(Br)cn2cc(CNC(C)c3cnn(C)c3)nc12. The van der Waals surface area contributed by atoms with Gasteiger partial charge in [0, 0.05) is 48.3 Å². The molecule has 0 aromatic carbocycles. The molecule has 1 N–H and O–H groups in total. The van der Waals surface area contributed by atoms with Gasteiger partial charge in [-0.2, -0.15) is 5.10 Å². The molecule has 3 aromatic rings. The zero-order valence-corrected chi connectivity index (χ0v) is 13.9.